The van der Waals surface area contributed by atoms with Crippen LogP contribution >= 0.6 is 11.8 Å². The van der Waals surface area contributed by atoms with Gasteiger partial charge < -0.3 is 5.11 Å². The van der Waals surface area contributed by atoms with E-state index in [1.165, 1.54) is 16.0 Å². The van der Waals surface area contributed by atoms with Crippen LogP contribution in [0.1, 0.15) is 37.8 Å². The molecule has 1 N–H and O–H groups in total. The van der Waals surface area contributed by atoms with Crippen LogP contribution in [0.5, 0.6) is 0 Å². The lowest BCUT2D eigenvalue weighted by Crippen LogP contribution is -2.29. The molecule has 16 heavy (non-hydrogen) atoms. The van der Waals surface area contributed by atoms with Crippen molar-refractivity contribution < 1.29 is 5.11 Å². The summed E-state index contributed by atoms with van der Waals surface area (Å²) in [5.41, 5.74) is 2.14. The number of benzene rings is 1. The second-order valence-corrected chi connectivity index (χ2v) is 5.51. The first-order chi connectivity index (χ1) is 7.50. The molecule has 0 saturated heterocycles. The molecule has 0 aromatic heterocycles. The highest BCUT2D eigenvalue weighted by Gasteiger charge is 2.22. The van der Waals surface area contributed by atoms with E-state index in [-0.39, 0.29) is 0 Å². The van der Waals surface area contributed by atoms with Gasteiger partial charge in [0.25, 0.3) is 0 Å². The van der Waals surface area contributed by atoms with Crippen molar-refractivity contribution in [2.75, 3.05) is 5.75 Å². The van der Waals surface area contributed by atoms with Crippen LogP contribution in [0.3, 0.4) is 0 Å². The highest BCUT2D eigenvalue weighted by molar-refractivity contribution is 7.99. The molecular formula is C14H22OS. The molecule has 1 aromatic carbocycles. The van der Waals surface area contributed by atoms with Crippen LogP contribution in [0.15, 0.2) is 23.1 Å². The number of rotatable bonds is 5. The molecule has 0 atom stereocenters. The summed E-state index contributed by atoms with van der Waals surface area (Å²) in [5.74, 6) is 0.780. The second-order valence-electron chi connectivity index (χ2n) is 4.47. The fourth-order valence-corrected chi connectivity index (χ4v) is 2.74. The molecule has 1 aromatic rings. The van der Waals surface area contributed by atoms with E-state index >= 15 is 0 Å². The highest BCUT2D eigenvalue weighted by atomic mass is 32.2. The maximum Gasteiger partial charge on any atom is 0.0736 e. The zero-order valence-electron chi connectivity index (χ0n) is 10.7. The molecule has 1 rings (SSSR count). The third kappa shape index (κ3) is 3.53. The van der Waals surface area contributed by atoms with Gasteiger partial charge >= 0.3 is 0 Å². The van der Waals surface area contributed by atoms with Crippen molar-refractivity contribution in [2.45, 2.75) is 51.0 Å². The molecule has 90 valence electrons. The monoisotopic (exact) mass is 238 g/mol. The van der Waals surface area contributed by atoms with Crippen LogP contribution in [-0.4, -0.2) is 16.5 Å². The lowest BCUT2D eigenvalue weighted by Gasteiger charge is -2.24. The first-order valence-corrected chi connectivity index (χ1v) is 6.91. The zero-order chi connectivity index (χ0) is 12.2. The summed E-state index contributed by atoms with van der Waals surface area (Å²) in [6, 6.07) is 6.49. The summed E-state index contributed by atoms with van der Waals surface area (Å²) in [6.07, 6.45) is 1.64. The Hall–Kier alpha value is -0.470. The number of hydrogen-bond acceptors (Lipinski definition) is 2. The number of thioether (sulfide) groups is 1. The molecule has 1 nitrogen and oxygen atoms in total. The molecule has 0 radical (unpaired) electrons. The number of hydrogen-bond donors (Lipinski definition) is 1. The van der Waals surface area contributed by atoms with Crippen molar-refractivity contribution in [3.8, 4) is 0 Å². The summed E-state index contributed by atoms with van der Waals surface area (Å²) < 4.78 is 0. The molecule has 2 heteroatoms. The van der Waals surface area contributed by atoms with Crippen LogP contribution in [0.4, 0.5) is 0 Å². The molecule has 0 fully saturated rings. The van der Waals surface area contributed by atoms with Crippen LogP contribution in [0.2, 0.25) is 0 Å². The zero-order valence-corrected chi connectivity index (χ0v) is 11.5. The largest absolute Gasteiger partial charge is 0.389 e. The van der Waals surface area contributed by atoms with Crippen molar-refractivity contribution in [2.24, 2.45) is 0 Å². The second kappa shape index (κ2) is 5.74. The summed E-state index contributed by atoms with van der Waals surface area (Å²) in [7, 11) is 0. The maximum atomic E-state index is 10.2. The van der Waals surface area contributed by atoms with E-state index < -0.39 is 5.60 Å². The van der Waals surface area contributed by atoms with E-state index in [4.69, 9.17) is 0 Å². The third-order valence-electron chi connectivity index (χ3n) is 3.30. The van der Waals surface area contributed by atoms with E-state index in [1.807, 2.05) is 13.8 Å². The van der Waals surface area contributed by atoms with Gasteiger partial charge in [0.2, 0.25) is 0 Å². The van der Waals surface area contributed by atoms with Gasteiger partial charge in [0.15, 0.2) is 0 Å². The predicted molar refractivity (Wildman–Crippen MR) is 72.2 cm³/mol. The molecule has 0 aliphatic rings. The van der Waals surface area contributed by atoms with E-state index in [0.717, 1.165) is 18.6 Å². The van der Waals surface area contributed by atoms with Gasteiger partial charge in [-0.2, -0.15) is 0 Å². The molecule has 0 heterocycles. The van der Waals surface area contributed by atoms with Crippen LogP contribution < -0.4 is 0 Å². The minimum Gasteiger partial charge on any atom is -0.389 e. The van der Waals surface area contributed by atoms with Crippen molar-refractivity contribution >= 4 is 11.8 Å². The Morgan fingerprint density at radius 1 is 1.12 bits per heavy atom. The maximum absolute atomic E-state index is 10.2. The highest BCUT2D eigenvalue weighted by Crippen LogP contribution is 2.27. The number of aryl methyl sites for hydroxylation is 2. The van der Waals surface area contributed by atoms with Gasteiger partial charge in [-0.1, -0.05) is 19.9 Å². The molecule has 0 amide bonds. The molecule has 0 aliphatic heterocycles. The first-order valence-electron chi connectivity index (χ1n) is 5.93. The van der Waals surface area contributed by atoms with Crippen molar-refractivity contribution in [3.63, 3.8) is 0 Å². The molecule has 0 bridgehead atoms. The summed E-state index contributed by atoms with van der Waals surface area (Å²) in [4.78, 5) is 1.25. The molecular weight excluding hydrogens is 216 g/mol. The Bertz CT molecular complexity index is 343. The average molecular weight is 238 g/mol. The van der Waals surface area contributed by atoms with Gasteiger partial charge in [0, 0.05) is 10.6 Å². The Kier molecular flexibility index (Phi) is 4.88. The van der Waals surface area contributed by atoms with Gasteiger partial charge in [-0.15, -0.1) is 11.8 Å². The first kappa shape index (κ1) is 13.6. The van der Waals surface area contributed by atoms with Gasteiger partial charge in [0.1, 0.15) is 0 Å². The van der Waals surface area contributed by atoms with Crippen molar-refractivity contribution in [3.05, 3.63) is 29.3 Å². The van der Waals surface area contributed by atoms with E-state index in [0.29, 0.717) is 0 Å². The molecule has 0 saturated carbocycles. The Morgan fingerprint density at radius 3 is 2.25 bits per heavy atom. The SMILES string of the molecule is CCC(O)(CC)CSc1ccc(C)c(C)c1. The Morgan fingerprint density at radius 2 is 1.75 bits per heavy atom. The molecule has 0 aliphatic carbocycles. The smallest absolute Gasteiger partial charge is 0.0736 e. The van der Waals surface area contributed by atoms with E-state index in [1.54, 1.807) is 11.8 Å². The van der Waals surface area contributed by atoms with Crippen molar-refractivity contribution in [1.29, 1.82) is 0 Å². The predicted octanol–water partition coefficient (Wildman–Crippen LogP) is 3.95. The lowest BCUT2D eigenvalue weighted by molar-refractivity contribution is 0.0572. The normalized spacial score (nSPS) is 11.8. The van der Waals surface area contributed by atoms with Gasteiger partial charge in [-0.05, 0) is 49.9 Å². The average Bonchev–Trinajstić information content (AvgIpc) is 2.30. The summed E-state index contributed by atoms with van der Waals surface area (Å²) in [5, 5.41) is 10.2. The minimum atomic E-state index is -0.510. The fourth-order valence-electron chi connectivity index (χ4n) is 1.48. The van der Waals surface area contributed by atoms with Crippen molar-refractivity contribution in [1.82, 2.24) is 0 Å². The van der Waals surface area contributed by atoms with Crippen LogP contribution in [0.25, 0.3) is 0 Å². The topological polar surface area (TPSA) is 20.2 Å². The van der Waals surface area contributed by atoms with Crippen LogP contribution in [0, 0.1) is 13.8 Å². The standard InChI is InChI=1S/C14H22OS/c1-5-14(15,6-2)10-16-13-8-7-11(3)12(4)9-13/h7-9,15H,5-6,10H2,1-4H3. The van der Waals surface area contributed by atoms with Gasteiger partial charge in [-0.25, -0.2) is 0 Å². The van der Waals surface area contributed by atoms with E-state index in [9.17, 15) is 5.11 Å². The van der Waals surface area contributed by atoms with E-state index in [2.05, 4.69) is 32.0 Å². The Labute approximate surface area is 103 Å². The number of aliphatic hydroxyl groups is 1. The molecule has 0 spiro atoms. The van der Waals surface area contributed by atoms with Gasteiger partial charge in [-0.3, -0.25) is 0 Å². The Balaban J connectivity index is 2.64. The van der Waals surface area contributed by atoms with Crippen LogP contribution in [-0.2, 0) is 0 Å². The third-order valence-corrected chi connectivity index (χ3v) is 4.57. The minimum absolute atomic E-state index is 0.510. The summed E-state index contributed by atoms with van der Waals surface area (Å²) >= 11 is 1.75. The quantitative estimate of drug-likeness (QED) is 0.784. The van der Waals surface area contributed by atoms with Gasteiger partial charge in [0.05, 0.1) is 5.60 Å². The molecule has 0 unspecified atom stereocenters. The summed E-state index contributed by atoms with van der Waals surface area (Å²) in [6.45, 7) is 8.35. The fraction of sp³-hybridized carbons (Fsp3) is 0.571. The lowest BCUT2D eigenvalue weighted by atomic mass is 10.0.